The largest absolute Gasteiger partial charge is 0.319 e. The van der Waals surface area contributed by atoms with Gasteiger partial charge in [0.25, 0.3) is 0 Å². The Hall–Kier alpha value is -0.360. The highest BCUT2D eigenvalue weighted by atomic mass is 19.3. The molecule has 2 nitrogen and oxygen atoms in total. The summed E-state index contributed by atoms with van der Waals surface area (Å²) in [5, 5.41) is 5.53. The van der Waals surface area contributed by atoms with Crippen molar-refractivity contribution in [2.24, 2.45) is 11.8 Å². The first-order valence-corrected chi connectivity index (χ1v) is 5.01. The Kier molecular flexibility index (Phi) is 4.33. The Morgan fingerprint density at radius 1 is 1.40 bits per heavy atom. The molecule has 1 aliphatic heterocycles. The molecule has 6 heteroatoms. The summed E-state index contributed by atoms with van der Waals surface area (Å²) < 4.78 is 48.6. The highest BCUT2D eigenvalue weighted by Gasteiger charge is 2.40. The van der Waals surface area contributed by atoms with Crippen molar-refractivity contribution >= 4 is 0 Å². The van der Waals surface area contributed by atoms with Crippen molar-refractivity contribution in [2.45, 2.75) is 19.3 Å². The Morgan fingerprint density at radius 2 is 2.07 bits per heavy atom. The summed E-state index contributed by atoms with van der Waals surface area (Å²) >= 11 is 0. The van der Waals surface area contributed by atoms with Crippen LogP contribution in [0.15, 0.2) is 0 Å². The lowest BCUT2D eigenvalue weighted by molar-refractivity contribution is -0.125. The van der Waals surface area contributed by atoms with E-state index in [0.29, 0.717) is 12.5 Å². The van der Waals surface area contributed by atoms with Crippen molar-refractivity contribution in [3.05, 3.63) is 0 Å². The highest BCUT2D eigenvalue weighted by Crippen LogP contribution is 2.22. The van der Waals surface area contributed by atoms with E-state index in [0.717, 1.165) is 13.1 Å². The predicted octanol–water partition coefficient (Wildman–Crippen LogP) is 1.33. The summed E-state index contributed by atoms with van der Waals surface area (Å²) in [5.74, 6) is -3.27. The first-order chi connectivity index (χ1) is 6.93. The van der Waals surface area contributed by atoms with E-state index in [-0.39, 0.29) is 5.92 Å². The molecule has 0 bridgehead atoms. The molecule has 0 aromatic carbocycles. The van der Waals surface area contributed by atoms with Gasteiger partial charge in [0.15, 0.2) is 0 Å². The zero-order valence-electron chi connectivity index (χ0n) is 8.57. The molecule has 1 fully saturated rings. The molecule has 90 valence electrons. The number of rotatable bonds is 5. The summed E-state index contributed by atoms with van der Waals surface area (Å²) in [7, 11) is 0. The van der Waals surface area contributed by atoms with E-state index in [1.807, 2.05) is 6.92 Å². The van der Waals surface area contributed by atoms with Crippen LogP contribution in [0.4, 0.5) is 17.6 Å². The number of hydrogen-bond acceptors (Lipinski definition) is 2. The number of halogens is 4. The molecule has 1 saturated heterocycles. The Bertz CT molecular complexity index is 199. The van der Waals surface area contributed by atoms with Gasteiger partial charge in [-0.25, -0.2) is 8.78 Å². The van der Waals surface area contributed by atoms with Crippen LogP contribution in [0.5, 0.6) is 0 Å². The van der Waals surface area contributed by atoms with Crippen molar-refractivity contribution in [3.63, 3.8) is 0 Å². The minimum absolute atomic E-state index is 0.249. The van der Waals surface area contributed by atoms with Crippen LogP contribution in [0.3, 0.4) is 0 Å². The number of alkyl halides is 4. The van der Waals surface area contributed by atoms with E-state index in [4.69, 9.17) is 0 Å². The first kappa shape index (κ1) is 12.7. The molecule has 2 atom stereocenters. The van der Waals surface area contributed by atoms with Crippen LogP contribution < -0.4 is 10.6 Å². The maximum Gasteiger partial charge on any atom is 0.319 e. The molecule has 0 unspecified atom stereocenters. The van der Waals surface area contributed by atoms with Crippen molar-refractivity contribution in [1.82, 2.24) is 10.6 Å². The van der Waals surface area contributed by atoms with Crippen LogP contribution in [-0.2, 0) is 0 Å². The Morgan fingerprint density at radius 3 is 2.53 bits per heavy atom. The summed E-state index contributed by atoms with van der Waals surface area (Å²) in [4.78, 5) is 0. The minimum atomic E-state index is -3.92. The average molecular weight is 228 g/mol. The molecule has 1 aliphatic rings. The molecule has 1 rings (SSSR count). The smallest absolute Gasteiger partial charge is 0.316 e. The van der Waals surface area contributed by atoms with Gasteiger partial charge in [0.05, 0.1) is 6.54 Å². The number of nitrogens with one attached hydrogen (secondary N) is 2. The monoisotopic (exact) mass is 228 g/mol. The van der Waals surface area contributed by atoms with Crippen LogP contribution in [0.2, 0.25) is 0 Å². The lowest BCUT2D eigenvalue weighted by Crippen LogP contribution is -2.41. The average Bonchev–Trinajstić information content (AvgIpc) is 2.51. The lowest BCUT2D eigenvalue weighted by atomic mass is 9.98. The fourth-order valence-corrected chi connectivity index (χ4v) is 1.64. The molecular weight excluding hydrogens is 212 g/mol. The molecule has 15 heavy (non-hydrogen) atoms. The second-order valence-electron chi connectivity index (χ2n) is 4.09. The van der Waals surface area contributed by atoms with Crippen LogP contribution in [0.1, 0.15) is 6.92 Å². The minimum Gasteiger partial charge on any atom is -0.316 e. The highest BCUT2D eigenvalue weighted by molar-refractivity contribution is 4.81. The number of hydrogen-bond donors (Lipinski definition) is 2. The van der Waals surface area contributed by atoms with E-state index in [1.165, 1.54) is 0 Å². The molecule has 0 spiro atoms. The van der Waals surface area contributed by atoms with Gasteiger partial charge in [-0.1, -0.05) is 6.92 Å². The quantitative estimate of drug-likeness (QED) is 0.694. The van der Waals surface area contributed by atoms with E-state index >= 15 is 0 Å². The van der Waals surface area contributed by atoms with Gasteiger partial charge in [-0.2, -0.15) is 8.78 Å². The Labute approximate surface area is 86.4 Å². The summed E-state index contributed by atoms with van der Waals surface area (Å²) in [5.41, 5.74) is 0. The summed E-state index contributed by atoms with van der Waals surface area (Å²) in [6.45, 7) is 3.04. The topological polar surface area (TPSA) is 24.1 Å². The van der Waals surface area contributed by atoms with Gasteiger partial charge in [-0.05, 0) is 31.5 Å². The van der Waals surface area contributed by atoms with Crippen molar-refractivity contribution in [2.75, 3.05) is 26.2 Å². The standard InChI is InChI=1S/C9H16F4N2/c1-6-2-14-3-7(6)4-15-5-9(12,13)8(10)11/h6-8,14-15H,2-5H2,1H3/t6-,7+/m1/s1. The summed E-state index contributed by atoms with van der Waals surface area (Å²) in [6.07, 6.45) is -3.59. The van der Waals surface area contributed by atoms with Gasteiger partial charge in [0.1, 0.15) is 0 Å². The molecular formula is C9H16F4N2. The maximum atomic E-state index is 12.5. The zero-order valence-corrected chi connectivity index (χ0v) is 8.57. The third-order valence-corrected chi connectivity index (χ3v) is 2.76. The van der Waals surface area contributed by atoms with Crippen molar-refractivity contribution < 1.29 is 17.6 Å². The fourth-order valence-electron chi connectivity index (χ4n) is 1.64. The first-order valence-electron chi connectivity index (χ1n) is 5.01. The van der Waals surface area contributed by atoms with Gasteiger partial charge in [-0.15, -0.1) is 0 Å². The fraction of sp³-hybridized carbons (Fsp3) is 1.00. The van der Waals surface area contributed by atoms with Crippen LogP contribution in [0.25, 0.3) is 0 Å². The molecule has 2 N–H and O–H groups in total. The molecule has 0 aromatic rings. The van der Waals surface area contributed by atoms with Crippen LogP contribution >= 0.6 is 0 Å². The van der Waals surface area contributed by atoms with Gasteiger partial charge in [-0.3, -0.25) is 0 Å². The zero-order chi connectivity index (χ0) is 11.5. The maximum absolute atomic E-state index is 12.5. The van der Waals surface area contributed by atoms with Crippen LogP contribution in [0, 0.1) is 11.8 Å². The SMILES string of the molecule is C[C@@H]1CNC[C@H]1CNCC(F)(F)C(F)F. The van der Waals surface area contributed by atoms with Gasteiger partial charge < -0.3 is 10.6 Å². The normalized spacial score (nSPS) is 27.6. The molecule has 0 saturated carbocycles. The molecule has 0 radical (unpaired) electrons. The van der Waals surface area contributed by atoms with E-state index < -0.39 is 18.9 Å². The Balaban J connectivity index is 2.21. The predicted molar refractivity (Wildman–Crippen MR) is 49.3 cm³/mol. The molecule has 0 aromatic heterocycles. The van der Waals surface area contributed by atoms with Gasteiger partial charge in [0, 0.05) is 0 Å². The third-order valence-electron chi connectivity index (χ3n) is 2.76. The van der Waals surface area contributed by atoms with E-state index in [1.54, 1.807) is 0 Å². The second kappa shape index (κ2) is 5.12. The van der Waals surface area contributed by atoms with Crippen molar-refractivity contribution in [1.29, 1.82) is 0 Å². The lowest BCUT2D eigenvalue weighted by Gasteiger charge is -2.19. The third kappa shape index (κ3) is 3.61. The second-order valence-corrected chi connectivity index (χ2v) is 4.09. The molecule has 0 aliphatic carbocycles. The van der Waals surface area contributed by atoms with Crippen LogP contribution in [-0.4, -0.2) is 38.5 Å². The van der Waals surface area contributed by atoms with Crippen molar-refractivity contribution in [3.8, 4) is 0 Å². The molecule has 0 amide bonds. The van der Waals surface area contributed by atoms with E-state index in [9.17, 15) is 17.6 Å². The van der Waals surface area contributed by atoms with Gasteiger partial charge >= 0.3 is 12.3 Å². The molecule has 1 heterocycles. The summed E-state index contributed by atoms with van der Waals surface area (Å²) in [6, 6.07) is 0. The van der Waals surface area contributed by atoms with E-state index in [2.05, 4.69) is 10.6 Å². The van der Waals surface area contributed by atoms with Gasteiger partial charge in [0.2, 0.25) is 0 Å².